The Morgan fingerprint density at radius 3 is 2.67 bits per heavy atom. The van der Waals surface area contributed by atoms with Crippen LogP contribution in [-0.2, 0) is 6.42 Å². The van der Waals surface area contributed by atoms with Gasteiger partial charge in [0.25, 0.3) is 0 Å². The zero-order valence-corrected chi connectivity index (χ0v) is 14.7. The molecule has 0 aliphatic carbocycles. The van der Waals surface area contributed by atoms with Gasteiger partial charge in [0.05, 0.1) is 0 Å². The third kappa shape index (κ3) is 8.07. The van der Waals surface area contributed by atoms with Crippen LogP contribution in [0, 0.1) is 0 Å². The second kappa shape index (κ2) is 10.6. The zero-order valence-electron chi connectivity index (χ0n) is 13.9. The molecule has 0 aliphatic rings. The topological polar surface area (TPSA) is 39.7 Å². The standard InChI is InChI=1S/C16H30N4S/c1-14(2)20(4)12-6-5-10-18-16(17-3)19-11-9-15-8-7-13-21-15/h7-8,13-14H,5-6,9-12H2,1-4H3,(H2,17,18,19). The minimum Gasteiger partial charge on any atom is -0.356 e. The first-order valence-electron chi connectivity index (χ1n) is 7.80. The third-order valence-corrected chi connectivity index (χ3v) is 4.52. The average molecular weight is 311 g/mol. The highest BCUT2D eigenvalue weighted by molar-refractivity contribution is 7.09. The Bertz CT molecular complexity index is 387. The van der Waals surface area contributed by atoms with E-state index in [4.69, 9.17) is 0 Å². The summed E-state index contributed by atoms with van der Waals surface area (Å²) < 4.78 is 0. The molecule has 0 radical (unpaired) electrons. The van der Waals surface area contributed by atoms with Gasteiger partial charge >= 0.3 is 0 Å². The minimum atomic E-state index is 0.629. The van der Waals surface area contributed by atoms with E-state index in [1.54, 1.807) is 11.3 Å². The summed E-state index contributed by atoms with van der Waals surface area (Å²) >= 11 is 1.81. The number of unbranched alkanes of at least 4 members (excludes halogenated alkanes) is 1. The first-order valence-corrected chi connectivity index (χ1v) is 8.68. The van der Waals surface area contributed by atoms with Crippen molar-refractivity contribution in [3.8, 4) is 0 Å². The van der Waals surface area contributed by atoms with Crippen molar-refractivity contribution in [2.24, 2.45) is 4.99 Å². The van der Waals surface area contributed by atoms with Gasteiger partial charge in [0, 0.05) is 31.1 Å². The largest absolute Gasteiger partial charge is 0.356 e. The average Bonchev–Trinajstić information content (AvgIpc) is 2.97. The number of nitrogens with one attached hydrogen (secondary N) is 2. The maximum Gasteiger partial charge on any atom is 0.190 e. The Balaban J connectivity index is 2.06. The second-order valence-electron chi connectivity index (χ2n) is 5.54. The van der Waals surface area contributed by atoms with Crippen LogP contribution in [0.1, 0.15) is 31.6 Å². The van der Waals surface area contributed by atoms with Crippen LogP contribution >= 0.6 is 11.3 Å². The van der Waals surface area contributed by atoms with E-state index >= 15 is 0 Å². The van der Waals surface area contributed by atoms with Crippen molar-refractivity contribution in [3.05, 3.63) is 22.4 Å². The highest BCUT2D eigenvalue weighted by atomic mass is 32.1. The number of aliphatic imine (C=N–C) groups is 1. The fourth-order valence-corrected chi connectivity index (χ4v) is 2.64. The van der Waals surface area contributed by atoms with Crippen LogP contribution in [0.3, 0.4) is 0 Å². The van der Waals surface area contributed by atoms with Crippen LogP contribution in [0.25, 0.3) is 0 Å². The highest BCUT2D eigenvalue weighted by Gasteiger charge is 2.02. The fourth-order valence-electron chi connectivity index (χ4n) is 1.93. The molecule has 0 saturated carbocycles. The van der Waals surface area contributed by atoms with Crippen LogP contribution in [0.15, 0.2) is 22.5 Å². The number of guanidine groups is 1. The lowest BCUT2D eigenvalue weighted by molar-refractivity contribution is 0.268. The molecule has 0 saturated heterocycles. The Morgan fingerprint density at radius 2 is 2.05 bits per heavy atom. The van der Waals surface area contributed by atoms with Crippen LogP contribution in [0.4, 0.5) is 0 Å². The summed E-state index contributed by atoms with van der Waals surface area (Å²) in [5.74, 6) is 0.906. The molecule has 1 heterocycles. The minimum absolute atomic E-state index is 0.629. The van der Waals surface area contributed by atoms with E-state index < -0.39 is 0 Å². The van der Waals surface area contributed by atoms with E-state index in [9.17, 15) is 0 Å². The maximum absolute atomic E-state index is 4.26. The Labute approximate surface area is 133 Å². The molecule has 2 N–H and O–H groups in total. The van der Waals surface area contributed by atoms with Gasteiger partial charge in [-0.3, -0.25) is 4.99 Å². The number of hydrogen-bond acceptors (Lipinski definition) is 3. The lowest BCUT2D eigenvalue weighted by Gasteiger charge is -2.20. The molecule has 1 aromatic rings. The molecular formula is C16H30N4S. The van der Waals surface area contributed by atoms with Crippen LogP contribution < -0.4 is 10.6 Å². The van der Waals surface area contributed by atoms with Gasteiger partial charge in [0.2, 0.25) is 0 Å². The van der Waals surface area contributed by atoms with Crippen LogP contribution in [0.2, 0.25) is 0 Å². The molecule has 0 amide bonds. The molecule has 0 unspecified atom stereocenters. The van der Waals surface area contributed by atoms with Crippen molar-refractivity contribution in [1.29, 1.82) is 0 Å². The fraction of sp³-hybridized carbons (Fsp3) is 0.688. The summed E-state index contributed by atoms with van der Waals surface area (Å²) in [7, 11) is 4.01. The number of rotatable bonds is 9. The monoisotopic (exact) mass is 310 g/mol. The molecule has 0 fully saturated rings. The van der Waals surface area contributed by atoms with Gasteiger partial charge in [-0.2, -0.15) is 0 Å². The molecule has 120 valence electrons. The van der Waals surface area contributed by atoms with E-state index in [0.717, 1.165) is 32.0 Å². The molecule has 0 aromatic carbocycles. The summed E-state index contributed by atoms with van der Waals surface area (Å²) in [6.07, 6.45) is 3.44. The van der Waals surface area contributed by atoms with Crippen molar-refractivity contribution in [2.75, 3.05) is 33.7 Å². The van der Waals surface area contributed by atoms with Crippen LogP contribution in [-0.4, -0.2) is 50.6 Å². The van der Waals surface area contributed by atoms with Gasteiger partial charge < -0.3 is 15.5 Å². The van der Waals surface area contributed by atoms with Crippen molar-refractivity contribution < 1.29 is 0 Å². The summed E-state index contributed by atoms with van der Waals surface area (Å²) in [5, 5.41) is 8.86. The molecule has 0 atom stereocenters. The van der Waals surface area contributed by atoms with Gasteiger partial charge in [-0.1, -0.05) is 6.07 Å². The predicted octanol–water partition coefficient (Wildman–Crippen LogP) is 2.58. The second-order valence-corrected chi connectivity index (χ2v) is 6.57. The van der Waals surface area contributed by atoms with Crippen molar-refractivity contribution in [1.82, 2.24) is 15.5 Å². The van der Waals surface area contributed by atoms with Gasteiger partial charge in [0.15, 0.2) is 5.96 Å². The van der Waals surface area contributed by atoms with E-state index in [-0.39, 0.29) is 0 Å². The normalized spacial score (nSPS) is 12.2. The van der Waals surface area contributed by atoms with Crippen molar-refractivity contribution >= 4 is 17.3 Å². The van der Waals surface area contributed by atoms with E-state index in [1.165, 1.54) is 17.7 Å². The Morgan fingerprint density at radius 1 is 1.29 bits per heavy atom. The lowest BCUT2D eigenvalue weighted by atomic mass is 10.2. The maximum atomic E-state index is 4.26. The van der Waals surface area contributed by atoms with Crippen LogP contribution in [0.5, 0.6) is 0 Å². The lowest BCUT2D eigenvalue weighted by Crippen LogP contribution is -2.38. The first-order chi connectivity index (χ1) is 10.1. The molecule has 4 nitrogen and oxygen atoms in total. The molecule has 0 aliphatic heterocycles. The Hall–Kier alpha value is -1.07. The number of hydrogen-bond donors (Lipinski definition) is 2. The van der Waals surface area contributed by atoms with Gasteiger partial charge in [0.1, 0.15) is 0 Å². The Kier molecular flexibility index (Phi) is 9.10. The predicted molar refractivity (Wildman–Crippen MR) is 94.4 cm³/mol. The molecule has 0 bridgehead atoms. The summed E-state index contributed by atoms with van der Waals surface area (Å²) in [4.78, 5) is 8.05. The third-order valence-electron chi connectivity index (χ3n) is 3.58. The molecule has 1 rings (SSSR count). The van der Waals surface area contributed by atoms with Gasteiger partial charge in [-0.15, -0.1) is 11.3 Å². The van der Waals surface area contributed by atoms with Crippen molar-refractivity contribution in [3.63, 3.8) is 0 Å². The first kappa shape index (κ1) is 18.0. The van der Waals surface area contributed by atoms with Gasteiger partial charge in [-0.25, -0.2) is 0 Å². The SMILES string of the molecule is CN=C(NCCCCN(C)C(C)C)NCCc1cccs1. The zero-order chi connectivity index (χ0) is 15.5. The van der Waals surface area contributed by atoms with Gasteiger partial charge in [-0.05, 0) is 58.1 Å². The summed E-state index contributed by atoms with van der Waals surface area (Å²) in [6.45, 7) is 7.53. The summed E-state index contributed by atoms with van der Waals surface area (Å²) in [5.41, 5.74) is 0. The number of nitrogens with zero attached hydrogens (tertiary/aromatic N) is 2. The van der Waals surface area contributed by atoms with E-state index in [2.05, 4.69) is 58.9 Å². The molecule has 21 heavy (non-hydrogen) atoms. The smallest absolute Gasteiger partial charge is 0.190 e. The quantitative estimate of drug-likeness (QED) is 0.418. The van der Waals surface area contributed by atoms with Crippen molar-refractivity contribution in [2.45, 2.75) is 39.2 Å². The molecule has 1 aromatic heterocycles. The van der Waals surface area contributed by atoms with E-state index in [1.807, 2.05) is 7.05 Å². The van der Waals surface area contributed by atoms with E-state index in [0.29, 0.717) is 6.04 Å². The highest BCUT2D eigenvalue weighted by Crippen LogP contribution is 2.07. The summed E-state index contributed by atoms with van der Waals surface area (Å²) in [6, 6.07) is 4.90. The number of thiophene rings is 1. The molecular weight excluding hydrogens is 280 g/mol. The molecule has 5 heteroatoms. The molecule has 0 spiro atoms.